The van der Waals surface area contributed by atoms with E-state index in [1.54, 1.807) is 12.1 Å². The van der Waals surface area contributed by atoms with Crippen LogP contribution in [0.2, 0.25) is 0 Å². The van der Waals surface area contributed by atoms with Crippen LogP contribution in [-0.4, -0.2) is 28.5 Å². The van der Waals surface area contributed by atoms with E-state index in [0.29, 0.717) is 18.0 Å². The second-order valence-electron chi connectivity index (χ2n) is 5.33. The van der Waals surface area contributed by atoms with Gasteiger partial charge in [-0.25, -0.2) is 4.79 Å². The molecule has 1 aliphatic rings. The number of carbonyl (C=O) groups excluding carboxylic acids is 1. The quantitative estimate of drug-likeness (QED) is 0.816. The lowest BCUT2D eigenvalue weighted by Crippen LogP contribution is -2.31. The Kier molecular flexibility index (Phi) is 5.49. The number of rotatable bonds is 5. The highest BCUT2D eigenvalue weighted by atomic mass is 16.4. The summed E-state index contributed by atoms with van der Waals surface area (Å²) in [6.07, 6.45) is 10.0. The monoisotopic (exact) mass is 288 g/mol. The second kappa shape index (κ2) is 7.57. The maximum Gasteiger partial charge on any atom is 0.328 e. The summed E-state index contributed by atoms with van der Waals surface area (Å²) in [5, 5.41) is 11.6. The molecule has 1 fully saturated rings. The molecule has 0 aromatic carbocycles. The number of carboxylic acid groups (broad SMARTS) is 1. The molecule has 0 spiro atoms. The molecule has 0 radical (unpaired) electrons. The molecule has 0 unspecified atom stereocenters. The number of hydrogen-bond acceptors (Lipinski definition) is 3. The molecule has 1 heterocycles. The van der Waals surface area contributed by atoms with E-state index in [9.17, 15) is 9.59 Å². The van der Waals surface area contributed by atoms with Crippen molar-refractivity contribution in [3.63, 3.8) is 0 Å². The number of carboxylic acids is 1. The lowest BCUT2D eigenvalue weighted by Gasteiger charge is -2.21. The average molecular weight is 288 g/mol. The van der Waals surface area contributed by atoms with Crippen molar-refractivity contribution in [2.24, 2.45) is 5.92 Å². The summed E-state index contributed by atoms with van der Waals surface area (Å²) in [5.41, 5.74) is 0.784. The van der Waals surface area contributed by atoms with Crippen LogP contribution in [0.25, 0.3) is 6.08 Å². The normalized spacial score (nSPS) is 16.0. The number of nitrogens with one attached hydrogen (secondary N) is 1. The fourth-order valence-corrected chi connectivity index (χ4v) is 2.62. The van der Waals surface area contributed by atoms with Crippen LogP contribution in [-0.2, 0) is 4.79 Å². The number of hydrogen-bond donors (Lipinski definition) is 2. The van der Waals surface area contributed by atoms with E-state index in [4.69, 9.17) is 5.11 Å². The zero-order chi connectivity index (χ0) is 15.1. The van der Waals surface area contributed by atoms with Gasteiger partial charge in [0, 0.05) is 24.4 Å². The predicted octanol–water partition coefficient (Wildman–Crippen LogP) is 2.49. The molecule has 2 rings (SSSR count). The minimum atomic E-state index is -1.05. The maximum absolute atomic E-state index is 12.2. The highest BCUT2D eigenvalue weighted by Crippen LogP contribution is 2.22. The second-order valence-corrected chi connectivity index (χ2v) is 5.33. The first-order valence-electron chi connectivity index (χ1n) is 7.31. The standard InChI is InChI=1S/C16H20N2O3/c19-14(20)9-8-13-7-4-10-17-15(13)16(21)18-11-12-5-2-1-3-6-12/h4,7-10,12H,1-3,5-6,11H2,(H,18,21)(H,19,20)/b9-8+. The molecule has 112 valence electrons. The van der Waals surface area contributed by atoms with Gasteiger partial charge in [0.1, 0.15) is 5.69 Å². The highest BCUT2D eigenvalue weighted by Gasteiger charge is 2.16. The lowest BCUT2D eigenvalue weighted by atomic mass is 9.89. The Labute approximate surface area is 124 Å². The van der Waals surface area contributed by atoms with Gasteiger partial charge < -0.3 is 10.4 Å². The third kappa shape index (κ3) is 4.70. The summed E-state index contributed by atoms with van der Waals surface area (Å²) < 4.78 is 0. The molecule has 21 heavy (non-hydrogen) atoms. The summed E-state index contributed by atoms with van der Waals surface area (Å²) in [6, 6.07) is 3.36. The van der Waals surface area contributed by atoms with E-state index < -0.39 is 5.97 Å². The van der Waals surface area contributed by atoms with Crippen LogP contribution < -0.4 is 5.32 Å². The van der Waals surface area contributed by atoms with Crippen molar-refractivity contribution < 1.29 is 14.7 Å². The van der Waals surface area contributed by atoms with Gasteiger partial charge in [0.25, 0.3) is 5.91 Å². The molecule has 0 saturated heterocycles. The molecular formula is C16H20N2O3. The van der Waals surface area contributed by atoms with Crippen molar-refractivity contribution in [1.82, 2.24) is 10.3 Å². The number of amides is 1. The molecule has 1 saturated carbocycles. The van der Waals surface area contributed by atoms with Crippen LogP contribution in [0.3, 0.4) is 0 Å². The van der Waals surface area contributed by atoms with Gasteiger partial charge in [0.05, 0.1) is 0 Å². The molecule has 1 aliphatic carbocycles. The van der Waals surface area contributed by atoms with Crippen molar-refractivity contribution in [2.75, 3.05) is 6.54 Å². The largest absolute Gasteiger partial charge is 0.478 e. The van der Waals surface area contributed by atoms with E-state index in [1.165, 1.54) is 31.5 Å². The van der Waals surface area contributed by atoms with Gasteiger partial charge in [-0.3, -0.25) is 9.78 Å². The maximum atomic E-state index is 12.2. The molecule has 0 atom stereocenters. The third-order valence-electron chi connectivity index (χ3n) is 3.74. The Hall–Kier alpha value is -2.17. The summed E-state index contributed by atoms with van der Waals surface area (Å²) in [5.74, 6) is -0.747. The summed E-state index contributed by atoms with van der Waals surface area (Å²) in [4.78, 5) is 26.8. The smallest absolute Gasteiger partial charge is 0.328 e. The molecular weight excluding hydrogens is 268 g/mol. The topological polar surface area (TPSA) is 79.3 Å². The van der Waals surface area contributed by atoms with Crippen LogP contribution in [0.5, 0.6) is 0 Å². The molecule has 1 amide bonds. The molecule has 2 N–H and O–H groups in total. The Balaban J connectivity index is 1.99. The SMILES string of the molecule is O=C(O)/C=C/c1cccnc1C(=O)NCC1CCCCC1. The van der Waals surface area contributed by atoms with Crippen LogP contribution in [0.1, 0.15) is 48.2 Å². The number of pyridine rings is 1. The predicted molar refractivity (Wildman–Crippen MR) is 79.8 cm³/mol. The van der Waals surface area contributed by atoms with Crippen molar-refractivity contribution >= 4 is 18.0 Å². The van der Waals surface area contributed by atoms with Crippen LogP contribution in [0.15, 0.2) is 24.4 Å². The Morgan fingerprint density at radius 3 is 2.81 bits per heavy atom. The van der Waals surface area contributed by atoms with E-state index in [1.807, 2.05) is 0 Å². The number of aliphatic carboxylic acids is 1. The Morgan fingerprint density at radius 1 is 1.33 bits per heavy atom. The van der Waals surface area contributed by atoms with Crippen molar-refractivity contribution in [2.45, 2.75) is 32.1 Å². The first kappa shape index (κ1) is 15.2. The highest BCUT2D eigenvalue weighted by molar-refractivity contribution is 5.97. The van der Waals surface area contributed by atoms with Crippen molar-refractivity contribution in [3.8, 4) is 0 Å². The molecule has 1 aromatic rings. The van der Waals surface area contributed by atoms with Gasteiger partial charge in [-0.2, -0.15) is 0 Å². The average Bonchev–Trinajstić information content (AvgIpc) is 2.52. The van der Waals surface area contributed by atoms with E-state index in [-0.39, 0.29) is 11.6 Å². The van der Waals surface area contributed by atoms with Gasteiger partial charge in [-0.1, -0.05) is 25.3 Å². The zero-order valence-electron chi connectivity index (χ0n) is 11.9. The minimum Gasteiger partial charge on any atom is -0.478 e. The van der Waals surface area contributed by atoms with Gasteiger partial charge in [-0.15, -0.1) is 0 Å². The van der Waals surface area contributed by atoms with E-state index in [2.05, 4.69) is 10.3 Å². The van der Waals surface area contributed by atoms with Crippen molar-refractivity contribution in [1.29, 1.82) is 0 Å². The van der Waals surface area contributed by atoms with Crippen LogP contribution in [0, 0.1) is 5.92 Å². The van der Waals surface area contributed by atoms with Gasteiger partial charge in [0.15, 0.2) is 0 Å². The third-order valence-corrected chi connectivity index (χ3v) is 3.74. The fourth-order valence-electron chi connectivity index (χ4n) is 2.62. The molecule has 5 heteroatoms. The van der Waals surface area contributed by atoms with E-state index >= 15 is 0 Å². The molecule has 0 bridgehead atoms. The summed E-state index contributed by atoms with van der Waals surface area (Å²) in [6.45, 7) is 0.664. The first-order chi connectivity index (χ1) is 10.2. The molecule has 5 nitrogen and oxygen atoms in total. The van der Waals surface area contributed by atoms with Gasteiger partial charge >= 0.3 is 5.97 Å². The zero-order valence-corrected chi connectivity index (χ0v) is 11.9. The summed E-state index contributed by atoms with van der Waals surface area (Å²) >= 11 is 0. The fraction of sp³-hybridized carbons (Fsp3) is 0.438. The summed E-state index contributed by atoms with van der Waals surface area (Å²) in [7, 11) is 0. The van der Waals surface area contributed by atoms with E-state index in [0.717, 1.165) is 18.9 Å². The van der Waals surface area contributed by atoms with Crippen LogP contribution in [0.4, 0.5) is 0 Å². The molecule has 0 aliphatic heterocycles. The first-order valence-corrected chi connectivity index (χ1v) is 7.31. The van der Waals surface area contributed by atoms with Gasteiger partial charge in [0.2, 0.25) is 0 Å². The van der Waals surface area contributed by atoms with Crippen molar-refractivity contribution in [3.05, 3.63) is 35.7 Å². The van der Waals surface area contributed by atoms with Crippen LogP contribution >= 0.6 is 0 Å². The number of carbonyl (C=O) groups is 2. The number of aromatic nitrogens is 1. The minimum absolute atomic E-state index is 0.244. The number of nitrogens with zero attached hydrogens (tertiary/aromatic N) is 1. The Bertz CT molecular complexity index is 534. The Morgan fingerprint density at radius 2 is 2.10 bits per heavy atom. The molecule has 1 aromatic heterocycles. The lowest BCUT2D eigenvalue weighted by molar-refractivity contribution is -0.131. The van der Waals surface area contributed by atoms with Gasteiger partial charge in [-0.05, 0) is 30.9 Å².